The molecule has 0 N–H and O–H groups in total. The molecule has 114 valence electrons. The fourth-order valence-corrected chi connectivity index (χ4v) is 3.16. The maximum absolute atomic E-state index is 12.1. The Balaban J connectivity index is 1.45. The number of thiophene rings is 1. The molecule has 0 spiro atoms. The first kappa shape index (κ1) is 13.8. The van der Waals surface area contributed by atoms with Gasteiger partial charge in [-0.05, 0) is 29.7 Å². The fourth-order valence-electron chi connectivity index (χ4n) is 2.21. The lowest BCUT2D eigenvalue weighted by Crippen LogP contribution is -2.03. The van der Waals surface area contributed by atoms with E-state index < -0.39 is 0 Å². The third-order valence-corrected chi connectivity index (χ3v) is 4.40. The zero-order valence-electron chi connectivity index (χ0n) is 11.9. The highest BCUT2D eigenvalue weighted by molar-refractivity contribution is 7.20. The molecule has 0 aliphatic carbocycles. The van der Waals surface area contributed by atoms with Crippen LogP contribution in [0.2, 0.25) is 0 Å². The number of rotatable bonds is 4. The summed E-state index contributed by atoms with van der Waals surface area (Å²) >= 11 is 1.41. The van der Waals surface area contributed by atoms with Crippen molar-refractivity contribution in [3.63, 3.8) is 0 Å². The average Bonchev–Trinajstić information content (AvgIpc) is 3.31. The molecule has 0 atom stereocenters. The lowest BCUT2D eigenvalue weighted by molar-refractivity contribution is 0.0470. The number of fused-ring (bicyclic) bond motifs is 1. The number of esters is 1. The molecular formula is C17H11NO4S. The minimum atomic E-state index is -0.367. The molecule has 5 nitrogen and oxygen atoms in total. The number of furan rings is 1. The summed E-state index contributed by atoms with van der Waals surface area (Å²) in [7, 11) is 0. The second-order valence-electron chi connectivity index (χ2n) is 4.88. The predicted octanol–water partition coefficient (Wildman–Crippen LogP) is 4.51. The van der Waals surface area contributed by atoms with Crippen LogP contribution in [0.25, 0.3) is 21.6 Å². The molecule has 1 aromatic carbocycles. The van der Waals surface area contributed by atoms with E-state index >= 15 is 0 Å². The van der Waals surface area contributed by atoms with E-state index in [0.717, 1.165) is 10.1 Å². The molecule has 0 radical (unpaired) electrons. The van der Waals surface area contributed by atoms with Crippen LogP contribution in [0.5, 0.6) is 0 Å². The Morgan fingerprint density at radius 3 is 2.87 bits per heavy atom. The molecule has 0 saturated heterocycles. The molecule has 0 aliphatic rings. The highest BCUT2D eigenvalue weighted by Crippen LogP contribution is 2.26. The van der Waals surface area contributed by atoms with Gasteiger partial charge < -0.3 is 13.7 Å². The van der Waals surface area contributed by atoms with Crippen LogP contribution >= 0.6 is 11.3 Å². The van der Waals surface area contributed by atoms with Gasteiger partial charge in [-0.2, -0.15) is 0 Å². The van der Waals surface area contributed by atoms with Crippen LogP contribution in [0.4, 0.5) is 0 Å². The molecule has 3 aromatic heterocycles. The maximum Gasteiger partial charge on any atom is 0.348 e. The Hall–Kier alpha value is -2.86. The van der Waals surface area contributed by atoms with Crippen molar-refractivity contribution in [3.05, 3.63) is 65.4 Å². The standard InChI is InChI=1S/C17H11NO4S/c19-17(16-8-11-4-1-2-6-15(11)23-16)21-10-12-9-14(22-18-12)13-5-3-7-20-13/h1-9H,10H2. The number of hydrogen-bond donors (Lipinski definition) is 0. The number of aromatic nitrogens is 1. The molecule has 3 heterocycles. The van der Waals surface area contributed by atoms with Crippen molar-refractivity contribution >= 4 is 27.4 Å². The first-order valence-corrected chi connectivity index (χ1v) is 7.76. The third-order valence-electron chi connectivity index (χ3n) is 3.30. The fraction of sp³-hybridized carbons (Fsp3) is 0.0588. The molecule has 4 rings (SSSR count). The van der Waals surface area contributed by atoms with Crippen molar-refractivity contribution in [2.45, 2.75) is 6.61 Å². The summed E-state index contributed by atoms with van der Waals surface area (Å²) in [6.45, 7) is 0.0529. The number of carbonyl (C=O) groups excluding carboxylic acids is 1. The first-order chi connectivity index (χ1) is 11.3. The Kier molecular flexibility index (Phi) is 3.44. The predicted molar refractivity (Wildman–Crippen MR) is 85.1 cm³/mol. The zero-order valence-corrected chi connectivity index (χ0v) is 12.7. The third kappa shape index (κ3) is 2.76. The van der Waals surface area contributed by atoms with E-state index in [9.17, 15) is 4.79 Å². The van der Waals surface area contributed by atoms with E-state index in [4.69, 9.17) is 13.7 Å². The Bertz CT molecular complexity index is 919. The van der Waals surface area contributed by atoms with Gasteiger partial charge in [0.1, 0.15) is 17.2 Å². The van der Waals surface area contributed by atoms with Crippen LogP contribution < -0.4 is 0 Å². The summed E-state index contributed by atoms with van der Waals surface area (Å²) in [4.78, 5) is 12.7. The van der Waals surface area contributed by atoms with Gasteiger partial charge >= 0.3 is 5.97 Å². The molecule has 0 saturated carbocycles. The summed E-state index contributed by atoms with van der Waals surface area (Å²) in [6, 6.07) is 14.9. The molecule has 0 amide bonds. The number of hydrogen-bond acceptors (Lipinski definition) is 6. The van der Waals surface area contributed by atoms with Crippen molar-refractivity contribution in [3.8, 4) is 11.5 Å². The smallest absolute Gasteiger partial charge is 0.348 e. The van der Waals surface area contributed by atoms with Crippen LogP contribution in [0.1, 0.15) is 15.4 Å². The van der Waals surface area contributed by atoms with Gasteiger partial charge in [-0.3, -0.25) is 0 Å². The molecule has 6 heteroatoms. The molecule has 0 fully saturated rings. The highest BCUT2D eigenvalue weighted by atomic mass is 32.1. The van der Waals surface area contributed by atoms with Crippen molar-refractivity contribution in [2.75, 3.05) is 0 Å². The van der Waals surface area contributed by atoms with Crippen LogP contribution in [-0.4, -0.2) is 11.1 Å². The van der Waals surface area contributed by atoms with E-state index in [1.807, 2.05) is 30.3 Å². The van der Waals surface area contributed by atoms with Gasteiger partial charge in [0.15, 0.2) is 5.76 Å². The molecule has 0 bridgehead atoms. The molecular weight excluding hydrogens is 314 g/mol. The van der Waals surface area contributed by atoms with Gasteiger partial charge in [0, 0.05) is 10.8 Å². The van der Waals surface area contributed by atoms with Gasteiger partial charge in [-0.25, -0.2) is 4.79 Å². The number of nitrogens with zero attached hydrogens (tertiary/aromatic N) is 1. The summed E-state index contributed by atoms with van der Waals surface area (Å²) in [6.07, 6.45) is 1.55. The SMILES string of the molecule is O=C(OCc1cc(-c2ccco2)on1)c1cc2ccccc2s1. The summed E-state index contributed by atoms with van der Waals surface area (Å²) < 4.78 is 16.7. The van der Waals surface area contributed by atoms with E-state index in [2.05, 4.69) is 5.16 Å². The lowest BCUT2D eigenvalue weighted by Gasteiger charge is -1.98. The lowest BCUT2D eigenvalue weighted by atomic mass is 10.2. The van der Waals surface area contributed by atoms with Gasteiger partial charge in [-0.15, -0.1) is 11.3 Å². The van der Waals surface area contributed by atoms with E-state index in [0.29, 0.717) is 22.1 Å². The van der Waals surface area contributed by atoms with E-state index in [1.165, 1.54) is 11.3 Å². The second-order valence-corrected chi connectivity index (χ2v) is 5.97. The molecule has 23 heavy (non-hydrogen) atoms. The van der Waals surface area contributed by atoms with Crippen molar-refractivity contribution in [1.82, 2.24) is 5.16 Å². The zero-order chi connectivity index (χ0) is 15.6. The minimum absolute atomic E-state index is 0.0529. The number of carbonyl (C=O) groups is 1. The van der Waals surface area contributed by atoms with Crippen molar-refractivity contribution in [2.24, 2.45) is 0 Å². The van der Waals surface area contributed by atoms with Gasteiger partial charge in [0.2, 0.25) is 5.76 Å². The number of benzene rings is 1. The first-order valence-electron chi connectivity index (χ1n) is 6.95. The van der Waals surface area contributed by atoms with Crippen LogP contribution in [0.3, 0.4) is 0 Å². The topological polar surface area (TPSA) is 65.5 Å². The highest BCUT2D eigenvalue weighted by Gasteiger charge is 2.14. The van der Waals surface area contributed by atoms with Crippen molar-refractivity contribution < 1.29 is 18.5 Å². The second kappa shape index (κ2) is 5.73. The van der Waals surface area contributed by atoms with E-state index in [-0.39, 0.29) is 12.6 Å². The van der Waals surface area contributed by atoms with Gasteiger partial charge in [0.05, 0.1) is 6.26 Å². The van der Waals surface area contributed by atoms with Gasteiger partial charge in [-0.1, -0.05) is 23.4 Å². The minimum Gasteiger partial charge on any atom is -0.461 e. The summed E-state index contributed by atoms with van der Waals surface area (Å²) in [5.74, 6) is 0.719. The molecule has 0 aliphatic heterocycles. The van der Waals surface area contributed by atoms with Crippen molar-refractivity contribution in [1.29, 1.82) is 0 Å². The Labute approximate surface area is 135 Å². The van der Waals surface area contributed by atoms with Gasteiger partial charge in [0.25, 0.3) is 0 Å². The Morgan fingerprint density at radius 2 is 2.04 bits per heavy atom. The average molecular weight is 325 g/mol. The summed E-state index contributed by atoms with van der Waals surface area (Å²) in [5.41, 5.74) is 0.533. The normalized spacial score (nSPS) is 11.0. The Morgan fingerprint density at radius 1 is 1.13 bits per heavy atom. The number of ether oxygens (including phenoxy) is 1. The molecule has 0 unspecified atom stereocenters. The molecule has 4 aromatic rings. The monoisotopic (exact) mass is 325 g/mol. The largest absolute Gasteiger partial charge is 0.461 e. The van der Waals surface area contributed by atoms with Crippen LogP contribution in [0.15, 0.2) is 63.7 Å². The van der Waals surface area contributed by atoms with Crippen LogP contribution in [-0.2, 0) is 11.3 Å². The maximum atomic E-state index is 12.1. The quantitative estimate of drug-likeness (QED) is 0.517. The van der Waals surface area contributed by atoms with E-state index in [1.54, 1.807) is 24.5 Å². The van der Waals surface area contributed by atoms with Crippen LogP contribution in [0, 0.1) is 0 Å². The summed E-state index contributed by atoms with van der Waals surface area (Å²) in [5, 5.41) is 4.91.